The molecular formula is C20H25N3O4S. The van der Waals surface area contributed by atoms with E-state index in [0.717, 1.165) is 17.9 Å². The van der Waals surface area contributed by atoms with Crippen LogP contribution in [-0.2, 0) is 16.6 Å². The van der Waals surface area contributed by atoms with Gasteiger partial charge in [-0.05, 0) is 42.0 Å². The molecule has 0 aliphatic carbocycles. The quantitative estimate of drug-likeness (QED) is 0.798. The Morgan fingerprint density at radius 1 is 1.00 bits per heavy atom. The van der Waals surface area contributed by atoms with Gasteiger partial charge in [0.2, 0.25) is 10.0 Å². The first-order chi connectivity index (χ1) is 13.3. The highest BCUT2D eigenvalue weighted by Crippen LogP contribution is 2.17. The van der Waals surface area contributed by atoms with Crippen LogP contribution in [0.5, 0.6) is 5.75 Å². The summed E-state index contributed by atoms with van der Waals surface area (Å²) in [4.78, 5) is 14.6. The summed E-state index contributed by atoms with van der Waals surface area (Å²) in [5.74, 6) is 0.568. The third-order valence-electron chi connectivity index (χ3n) is 4.77. The number of rotatable bonds is 6. The molecule has 2 aromatic carbocycles. The number of piperazine rings is 1. The van der Waals surface area contributed by atoms with Gasteiger partial charge >= 0.3 is 0 Å². The molecule has 1 saturated heterocycles. The van der Waals surface area contributed by atoms with Crippen LogP contribution in [-0.4, -0.2) is 63.1 Å². The molecule has 3 rings (SSSR count). The number of benzene rings is 2. The Kier molecular flexibility index (Phi) is 6.33. The molecule has 1 amide bonds. The van der Waals surface area contributed by atoms with E-state index in [4.69, 9.17) is 4.74 Å². The van der Waals surface area contributed by atoms with Crippen molar-refractivity contribution in [2.45, 2.75) is 6.54 Å². The lowest BCUT2D eigenvalue weighted by Gasteiger charge is -2.33. The molecule has 0 bridgehead atoms. The van der Waals surface area contributed by atoms with E-state index >= 15 is 0 Å². The van der Waals surface area contributed by atoms with E-state index in [2.05, 4.69) is 10.2 Å². The van der Waals surface area contributed by atoms with Gasteiger partial charge in [-0.25, -0.2) is 8.42 Å². The van der Waals surface area contributed by atoms with Crippen LogP contribution in [0.2, 0.25) is 0 Å². The molecule has 150 valence electrons. The van der Waals surface area contributed by atoms with Crippen LogP contribution < -0.4 is 10.1 Å². The summed E-state index contributed by atoms with van der Waals surface area (Å²) in [7, 11) is -1.51. The normalized spacial score (nSPS) is 15.9. The maximum Gasteiger partial charge on any atom is 0.255 e. The van der Waals surface area contributed by atoms with Crippen LogP contribution in [0.15, 0.2) is 48.5 Å². The summed E-state index contributed by atoms with van der Waals surface area (Å²) < 4.78 is 29.8. The first-order valence-electron chi connectivity index (χ1n) is 9.07. The summed E-state index contributed by atoms with van der Waals surface area (Å²) in [5, 5.41) is 2.86. The van der Waals surface area contributed by atoms with Crippen molar-refractivity contribution in [3.63, 3.8) is 0 Å². The van der Waals surface area contributed by atoms with Crippen molar-refractivity contribution >= 4 is 21.6 Å². The number of sulfonamides is 1. The van der Waals surface area contributed by atoms with Gasteiger partial charge in [0, 0.05) is 44.0 Å². The second-order valence-corrected chi connectivity index (χ2v) is 8.80. The summed E-state index contributed by atoms with van der Waals surface area (Å²) in [5.41, 5.74) is 2.38. The third kappa shape index (κ3) is 5.31. The maximum absolute atomic E-state index is 12.4. The SMILES string of the molecule is COc1ccc(NC(=O)c2ccc(CN3CCN(S(C)(=O)=O)CC3)cc2)cc1. The van der Waals surface area contributed by atoms with Gasteiger partial charge in [0.25, 0.3) is 5.91 Å². The molecule has 1 aliphatic rings. The minimum Gasteiger partial charge on any atom is -0.497 e. The fourth-order valence-electron chi connectivity index (χ4n) is 3.12. The first-order valence-corrected chi connectivity index (χ1v) is 10.9. The number of amides is 1. The maximum atomic E-state index is 12.4. The Hall–Kier alpha value is -2.42. The van der Waals surface area contributed by atoms with Gasteiger partial charge in [-0.15, -0.1) is 0 Å². The molecule has 1 fully saturated rings. The lowest BCUT2D eigenvalue weighted by molar-refractivity contribution is 0.102. The van der Waals surface area contributed by atoms with E-state index in [1.54, 1.807) is 43.5 Å². The lowest BCUT2D eigenvalue weighted by Crippen LogP contribution is -2.47. The zero-order valence-corrected chi connectivity index (χ0v) is 16.9. The molecule has 0 radical (unpaired) electrons. The number of ether oxygens (including phenoxy) is 1. The molecule has 1 heterocycles. The summed E-state index contributed by atoms with van der Waals surface area (Å²) in [6.45, 7) is 3.17. The van der Waals surface area contributed by atoms with Crippen LogP contribution in [0, 0.1) is 0 Å². The van der Waals surface area contributed by atoms with Crippen LogP contribution in [0.4, 0.5) is 5.69 Å². The lowest BCUT2D eigenvalue weighted by atomic mass is 10.1. The molecule has 7 nitrogen and oxygen atoms in total. The van der Waals surface area contributed by atoms with Gasteiger partial charge in [-0.3, -0.25) is 9.69 Å². The number of carbonyl (C=O) groups excluding carboxylic acids is 1. The zero-order chi connectivity index (χ0) is 20.1. The molecule has 0 spiro atoms. The monoisotopic (exact) mass is 403 g/mol. The van der Waals surface area contributed by atoms with Crippen molar-refractivity contribution in [2.24, 2.45) is 0 Å². The van der Waals surface area contributed by atoms with Crippen molar-refractivity contribution < 1.29 is 17.9 Å². The fourth-order valence-corrected chi connectivity index (χ4v) is 3.94. The number of methoxy groups -OCH3 is 1. The number of nitrogens with zero attached hydrogens (tertiary/aromatic N) is 2. The first kappa shape index (κ1) is 20.3. The average molecular weight is 404 g/mol. The molecule has 1 aliphatic heterocycles. The number of carbonyl (C=O) groups is 1. The van der Waals surface area contributed by atoms with Crippen LogP contribution >= 0.6 is 0 Å². The Balaban J connectivity index is 1.54. The smallest absolute Gasteiger partial charge is 0.255 e. The van der Waals surface area contributed by atoms with E-state index in [0.29, 0.717) is 37.4 Å². The second kappa shape index (κ2) is 8.72. The molecule has 0 unspecified atom stereocenters. The third-order valence-corrected chi connectivity index (χ3v) is 6.07. The van der Waals surface area contributed by atoms with Gasteiger partial charge in [0.1, 0.15) is 5.75 Å². The topological polar surface area (TPSA) is 79.0 Å². The Labute approximate surface area is 166 Å². The zero-order valence-electron chi connectivity index (χ0n) is 16.1. The summed E-state index contributed by atoms with van der Waals surface area (Å²) in [6, 6.07) is 14.7. The van der Waals surface area contributed by atoms with Gasteiger partial charge in [0.05, 0.1) is 13.4 Å². The van der Waals surface area contributed by atoms with Crippen LogP contribution in [0.25, 0.3) is 0 Å². The molecular weight excluding hydrogens is 378 g/mol. The Morgan fingerprint density at radius 3 is 2.14 bits per heavy atom. The molecule has 8 heteroatoms. The van der Waals surface area contributed by atoms with E-state index in [-0.39, 0.29) is 5.91 Å². The predicted molar refractivity (Wildman–Crippen MR) is 109 cm³/mol. The van der Waals surface area contributed by atoms with E-state index in [1.165, 1.54) is 10.6 Å². The molecule has 2 aromatic rings. The summed E-state index contributed by atoms with van der Waals surface area (Å²) >= 11 is 0. The van der Waals surface area contributed by atoms with E-state index in [1.807, 2.05) is 12.1 Å². The van der Waals surface area contributed by atoms with Crippen LogP contribution in [0.3, 0.4) is 0 Å². The van der Waals surface area contributed by atoms with Crippen molar-refractivity contribution in [2.75, 3.05) is 44.9 Å². The van der Waals surface area contributed by atoms with Crippen molar-refractivity contribution in [1.29, 1.82) is 0 Å². The van der Waals surface area contributed by atoms with Gasteiger partial charge in [-0.1, -0.05) is 12.1 Å². The molecule has 28 heavy (non-hydrogen) atoms. The molecule has 0 saturated carbocycles. The van der Waals surface area contributed by atoms with Gasteiger partial charge in [-0.2, -0.15) is 4.31 Å². The largest absolute Gasteiger partial charge is 0.497 e. The predicted octanol–water partition coefficient (Wildman–Crippen LogP) is 2.02. The van der Waals surface area contributed by atoms with Gasteiger partial charge < -0.3 is 10.1 Å². The van der Waals surface area contributed by atoms with Crippen molar-refractivity contribution in [3.05, 3.63) is 59.7 Å². The van der Waals surface area contributed by atoms with Crippen molar-refractivity contribution in [3.8, 4) is 5.75 Å². The molecule has 0 aromatic heterocycles. The van der Waals surface area contributed by atoms with Crippen LogP contribution in [0.1, 0.15) is 15.9 Å². The van der Waals surface area contributed by atoms with E-state index in [9.17, 15) is 13.2 Å². The highest BCUT2D eigenvalue weighted by atomic mass is 32.2. The highest BCUT2D eigenvalue weighted by Gasteiger charge is 2.23. The molecule has 1 N–H and O–H groups in total. The number of anilines is 1. The van der Waals surface area contributed by atoms with Gasteiger partial charge in [0.15, 0.2) is 0 Å². The molecule has 0 atom stereocenters. The number of hydrogen-bond acceptors (Lipinski definition) is 5. The van der Waals surface area contributed by atoms with E-state index < -0.39 is 10.0 Å². The summed E-state index contributed by atoms with van der Waals surface area (Å²) in [6.07, 6.45) is 1.25. The Morgan fingerprint density at radius 2 is 1.61 bits per heavy atom. The minimum atomic E-state index is -3.11. The van der Waals surface area contributed by atoms with Crippen molar-refractivity contribution in [1.82, 2.24) is 9.21 Å². The Bertz CT molecular complexity index is 903. The highest BCUT2D eigenvalue weighted by molar-refractivity contribution is 7.88. The number of nitrogens with one attached hydrogen (secondary N) is 1. The standard InChI is InChI=1S/C20H25N3O4S/c1-27-19-9-7-18(8-10-19)21-20(24)17-5-3-16(4-6-17)15-22-11-13-23(14-12-22)28(2,25)26/h3-10H,11-15H2,1-2H3,(H,21,24). The number of hydrogen-bond donors (Lipinski definition) is 1. The fraction of sp³-hybridized carbons (Fsp3) is 0.350. The minimum absolute atomic E-state index is 0.168. The average Bonchev–Trinajstić information content (AvgIpc) is 2.69. The second-order valence-electron chi connectivity index (χ2n) is 6.82.